The number of amides is 1. The van der Waals surface area contributed by atoms with Gasteiger partial charge in [0, 0.05) is 30.5 Å². The molecule has 0 saturated carbocycles. The van der Waals surface area contributed by atoms with Crippen LogP contribution in [-0.2, 0) is 5.41 Å². The van der Waals surface area contributed by atoms with Gasteiger partial charge < -0.3 is 19.7 Å². The van der Waals surface area contributed by atoms with E-state index in [1.54, 1.807) is 0 Å². The Hall–Kier alpha value is -2.73. The Morgan fingerprint density at radius 2 is 1.71 bits per heavy atom. The normalized spacial score (nSPS) is 16.1. The van der Waals surface area contributed by atoms with E-state index in [0.29, 0.717) is 25.1 Å². The molecule has 6 heteroatoms. The zero-order chi connectivity index (χ0) is 22.3. The largest absolute Gasteiger partial charge is 0.530 e. The van der Waals surface area contributed by atoms with Crippen molar-refractivity contribution in [3.63, 3.8) is 0 Å². The minimum Gasteiger partial charge on any atom is -0.530 e. The zero-order valence-electron chi connectivity index (χ0n) is 18.1. The van der Waals surface area contributed by atoms with Crippen LogP contribution in [0.2, 0.25) is 0 Å². The first-order valence-electron chi connectivity index (χ1n) is 11.0. The molecule has 1 aliphatic rings. The highest BCUT2D eigenvalue weighted by molar-refractivity contribution is 5.95. The van der Waals surface area contributed by atoms with E-state index in [9.17, 15) is 19.1 Å². The molecule has 0 aromatic heterocycles. The number of rotatable bonds is 9. The molecule has 3 rings (SSSR count). The van der Waals surface area contributed by atoms with Gasteiger partial charge in [0.25, 0.3) is 0 Å². The van der Waals surface area contributed by atoms with E-state index in [1.807, 2.05) is 25.1 Å². The maximum Gasteiger partial charge on any atom is 0.162 e. The molecule has 1 amide bonds. The summed E-state index contributed by atoms with van der Waals surface area (Å²) in [5.41, 5.74) is 1.49. The van der Waals surface area contributed by atoms with Crippen molar-refractivity contribution in [1.29, 1.82) is 0 Å². The number of carbonyl (C=O) groups is 2. The summed E-state index contributed by atoms with van der Waals surface area (Å²) in [5.74, 6) is -0.310. The number of hydrogen-bond acceptors (Lipinski definition) is 4. The van der Waals surface area contributed by atoms with Crippen molar-refractivity contribution >= 4 is 11.9 Å². The van der Waals surface area contributed by atoms with Crippen molar-refractivity contribution in [3.8, 4) is 0 Å². The summed E-state index contributed by atoms with van der Waals surface area (Å²) in [6.07, 6.45) is 1.76. The number of ketones is 1. The van der Waals surface area contributed by atoms with Crippen LogP contribution in [0.4, 0.5) is 9.18 Å². The average molecular weight is 426 g/mol. The number of benzene rings is 2. The molecule has 1 heterocycles. The quantitative estimate of drug-likeness (QED) is 0.577. The van der Waals surface area contributed by atoms with Gasteiger partial charge in [-0.25, -0.2) is 4.39 Å². The van der Waals surface area contributed by atoms with Crippen LogP contribution >= 0.6 is 0 Å². The Kier molecular flexibility index (Phi) is 7.80. The summed E-state index contributed by atoms with van der Waals surface area (Å²) >= 11 is 0. The SMILES string of the molecule is CCN(CC1(c2ccccc2)CCN(CCCC(=O)c2ccc(F)cc2)CC1)C(=O)[O-]. The van der Waals surface area contributed by atoms with Gasteiger partial charge in [-0.15, -0.1) is 0 Å². The van der Waals surface area contributed by atoms with E-state index >= 15 is 0 Å². The number of likely N-dealkylation sites (N-methyl/N-ethyl adjacent to an activating group) is 1. The summed E-state index contributed by atoms with van der Waals surface area (Å²) in [7, 11) is 0. The van der Waals surface area contributed by atoms with Crippen LogP contribution in [0.15, 0.2) is 54.6 Å². The maximum atomic E-state index is 13.0. The topological polar surface area (TPSA) is 63.7 Å². The third kappa shape index (κ3) is 5.91. The number of nitrogens with zero attached hydrogens (tertiary/aromatic N) is 2. The highest BCUT2D eigenvalue weighted by atomic mass is 19.1. The Morgan fingerprint density at radius 3 is 2.29 bits per heavy atom. The second kappa shape index (κ2) is 10.5. The second-order valence-electron chi connectivity index (χ2n) is 8.30. The van der Waals surface area contributed by atoms with Gasteiger partial charge in [0.1, 0.15) is 11.9 Å². The minimum absolute atomic E-state index is 0.0307. The molecule has 1 aliphatic heterocycles. The van der Waals surface area contributed by atoms with E-state index < -0.39 is 6.09 Å². The molecule has 0 bridgehead atoms. The standard InChI is InChI=1S/C25H31FN2O3/c1-2-28(24(30)31)19-25(21-7-4-3-5-8-21)14-17-27(18-15-25)16-6-9-23(29)20-10-12-22(26)13-11-20/h3-5,7-8,10-13H,2,6,9,14-19H2,1H3,(H,30,31)/p-1. The van der Waals surface area contributed by atoms with Crippen molar-refractivity contribution in [1.82, 2.24) is 9.80 Å². The van der Waals surface area contributed by atoms with E-state index in [-0.39, 0.29) is 17.0 Å². The summed E-state index contributed by atoms with van der Waals surface area (Å²) < 4.78 is 13.0. The predicted molar refractivity (Wildman–Crippen MR) is 116 cm³/mol. The second-order valence-corrected chi connectivity index (χ2v) is 8.30. The highest BCUT2D eigenvalue weighted by Gasteiger charge is 2.37. The minimum atomic E-state index is -1.13. The molecule has 0 aliphatic carbocycles. The molecule has 1 fully saturated rings. The van der Waals surface area contributed by atoms with Crippen molar-refractivity contribution in [3.05, 3.63) is 71.5 Å². The van der Waals surface area contributed by atoms with Gasteiger partial charge in [-0.3, -0.25) is 4.79 Å². The lowest BCUT2D eigenvalue weighted by molar-refractivity contribution is -0.266. The Balaban J connectivity index is 1.57. The first kappa shape index (κ1) is 22.9. The Morgan fingerprint density at radius 1 is 1.06 bits per heavy atom. The number of Topliss-reactive ketones (excluding diaryl/α,β-unsaturated/α-hetero) is 1. The molecule has 0 spiro atoms. The number of piperidine rings is 1. The van der Waals surface area contributed by atoms with E-state index in [2.05, 4.69) is 17.0 Å². The predicted octanol–water partition coefficient (Wildman–Crippen LogP) is 3.49. The fourth-order valence-electron chi connectivity index (χ4n) is 4.45. The smallest absolute Gasteiger partial charge is 0.162 e. The van der Waals surface area contributed by atoms with Gasteiger partial charge >= 0.3 is 0 Å². The fraction of sp³-hybridized carbons (Fsp3) is 0.440. The third-order valence-electron chi connectivity index (χ3n) is 6.38. The fourth-order valence-corrected chi connectivity index (χ4v) is 4.45. The van der Waals surface area contributed by atoms with E-state index in [0.717, 1.165) is 38.9 Å². The molecule has 0 radical (unpaired) electrons. The Labute approximate surface area is 183 Å². The van der Waals surface area contributed by atoms with Crippen molar-refractivity contribution in [2.24, 2.45) is 0 Å². The van der Waals surface area contributed by atoms with Gasteiger partial charge in [0.2, 0.25) is 0 Å². The number of likely N-dealkylation sites (tertiary alicyclic amines) is 1. The molecule has 5 nitrogen and oxygen atoms in total. The van der Waals surface area contributed by atoms with Crippen LogP contribution in [0, 0.1) is 5.82 Å². The highest BCUT2D eigenvalue weighted by Crippen LogP contribution is 2.36. The third-order valence-corrected chi connectivity index (χ3v) is 6.38. The van der Waals surface area contributed by atoms with Crippen LogP contribution in [0.3, 0.4) is 0 Å². The number of halogens is 1. The number of carboxylic acid groups (broad SMARTS) is 1. The molecule has 1 saturated heterocycles. The molecule has 2 aromatic rings. The molecule has 166 valence electrons. The lowest BCUT2D eigenvalue weighted by Gasteiger charge is -2.45. The molecule has 0 N–H and O–H groups in total. The monoisotopic (exact) mass is 425 g/mol. The molecule has 0 unspecified atom stereocenters. The molecular formula is C25H30FN2O3-. The average Bonchev–Trinajstić information content (AvgIpc) is 2.79. The van der Waals surface area contributed by atoms with Crippen LogP contribution < -0.4 is 5.11 Å². The van der Waals surface area contributed by atoms with Crippen LogP contribution in [0.1, 0.15) is 48.5 Å². The van der Waals surface area contributed by atoms with Crippen molar-refractivity contribution in [2.75, 3.05) is 32.7 Å². The summed E-state index contributed by atoms with van der Waals surface area (Å²) in [4.78, 5) is 27.6. The zero-order valence-corrected chi connectivity index (χ0v) is 18.1. The first-order valence-corrected chi connectivity index (χ1v) is 11.0. The van der Waals surface area contributed by atoms with Gasteiger partial charge in [-0.1, -0.05) is 30.3 Å². The molecule has 0 atom stereocenters. The van der Waals surface area contributed by atoms with Crippen LogP contribution in [0.25, 0.3) is 0 Å². The lowest BCUT2D eigenvalue weighted by Crippen LogP contribution is -2.52. The van der Waals surface area contributed by atoms with Gasteiger partial charge in [0.05, 0.1) is 0 Å². The van der Waals surface area contributed by atoms with Crippen LogP contribution in [0.5, 0.6) is 0 Å². The van der Waals surface area contributed by atoms with Crippen molar-refractivity contribution < 1.29 is 19.1 Å². The van der Waals surface area contributed by atoms with E-state index in [4.69, 9.17) is 0 Å². The van der Waals surface area contributed by atoms with Gasteiger partial charge in [0.15, 0.2) is 5.78 Å². The molecular weight excluding hydrogens is 395 g/mol. The summed E-state index contributed by atoms with van der Waals surface area (Å²) in [6, 6.07) is 15.8. The van der Waals surface area contributed by atoms with Crippen LogP contribution in [-0.4, -0.2) is 54.4 Å². The number of hydrogen-bond donors (Lipinski definition) is 0. The van der Waals surface area contributed by atoms with Gasteiger partial charge in [-0.2, -0.15) is 0 Å². The summed E-state index contributed by atoms with van der Waals surface area (Å²) in [6.45, 7) is 5.20. The van der Waals surface area contributed by atoms with Gasteiger partial charge in [-0.05, 0) is 75.6 Å². The van der Waals surface area contributed by atoms with E-state index in [1.165, 1.54) is 34.7 Å². The number of carbonyl (C=O) groups excluding carboxylic acids is 2. The maximum absolute atomic E-state index is 13.0. The Bertz CT molecular complexity index is 862. The lowest BCUT2D eigenvalue weighted by atomic mass is 9.72. The van der Waals surface area contributed by atoms with Crippen molar-refractivity contribution in [2.45, 2.75) is 38.0 Å². The summed E-state index contributed by atoms with van der Waals surface area (Å²) in [5, 5.41) is 11.5. The molecule has 2 aromatic carbocycles. The molecule has 31 heavy (non-hydrogen) atoms. The first-order chi connectivity index (χ1) is 14.9.